The van der Waals surface area contributed by atoms with Gasteiger partial charge >= 0.3 is 0 Å². The highest BCUT2D eigenvalue weighted by molar-refractivity contribution is 6.05. The molecule has 4 heteroatoms. The molecule has 0 saturated heterocycles. The van der Waals surface area contributed by atoms with Crippen LogP contribution in [0.15, 0.2) is 42.5 Å². The van der Waals surface area contributed by atoms with Crippen LogP contribution < -0.4 is 0 Å². The van der Waals surface area contributed by atoms with Crippen LogP contribution in [0.5, 0.6) is 0 Å². The highest BCUT2D eigenvalue weighted by atomic mass is 16.1. The van der Waals surface area contributed by atoms with Gasteiger partial charge in [0.1, 0.15) is 11.8 Å². The van der Waals surface area contributed by atoms with E-state index in [9.17, 15) is 4.79 Å². The molecule has 0 spiro atoms. The first kappa shape index (κ1) is 10.2. The van der Waals surface area contributed by atoms with E-state index in [0.29, 0.717) is 5.56 Å². The molecule has 19 heavy (non-hydrogen) atoms. The molecule has 0 amide bonds. The molecule has 90 valence electrons. The van der Waals surface area contributed by atoms with Crippen LogP contribution in [-0.4, -0.2) is 21.2 Å². The number of nitrogens with one attached hydrogen (secondary N) is 1. The summed E-state index contributed by atoms with van der Waals surface area (Å²) in [4.78, 5) is 23.3. The third-order valence-corrected chi connectivity index (χ3v) is 3.26. The Hall–Kier alpha value is -2.75. The predicted molar refractivity (Wildman–Crippen MR) is 74.3 cm³/mol. The number of aldehydes is 1. The Morgan fingerprint density at radius 2 is 1.89 bits per heavy atom. The van der Waals surface area contributed by atoms with E-state index in [1.54, 1.807) is 12.1 Å². The van der Waals surface area contributed by atoms with E-state index in [0.717, 1.165) is 39.4 Å². The lowest BCUT2D eigenvalue weighted by Gasteiger charge is -1.98. The molecule has 0 fully saturated rings. The number of hydrogen-bond acceptors (Lipinski definition) is 3. The Labute approximate surface area is 108 Å². The normalized spacial score (nSPS) is 11.4. The number of fused-ring (bicyclic) bond motifs is 4. The van der Waals surface area contributed by atoms with Gasteiger partial charge in [-0.1, -0.05) is 18.2 Å². The van der Waals surface area contributed by atoms with Gasteiger partial charge in [-0.3, -0.25) is 4.79 Å². The fourth-order valence-corrected chi connectivity index (χ4v) is 2.35. The number of carbonyl (C=O) groups is 1. The van der Waals surface area contributed by atoms with Gasteiger partial charge in [-0.15, -0.1) is 0 Å². The van der Waals surface area contributed by atoms with Crippen molar-refractivity contribution in [1.29, 1.82) is 0 Å². The van der Waals surface area contributed by atoms with E-state index >= 15 is 0 Å². The second-order valence-electron chi connectivity index (χ2n) is 4.46. The van der Waals surface area contributed by atoms with Crippen LogP contribution in [0, 0.1) is 0 Å². The monoisotopic (exact) mass is 247 g/mol. The number of aromatic amines is 1. The minimum absolute atomic E-state index is 0.612. The summed E-state index contributed by atoms with van der Waals surface area (Å²) in [5, 5.41) is 1.04. The lowest BCUT2D eigenvalue weighted by Crippen LogP contribution is -1.88. The van der Waals surface area contributed by atoms with Crippen LogP contribution in [0.4, 0.5) is 0 Å². The largest absolute Gasteiger partial charge is 0.338 e. The van der Waals surface area contributed by atoms with Gasteiger partial charge in [0.2, 0.25) is 0 Å². The van der Waals surface area contributed by atoms with Crippen molar-refractivity contribution in [1.82, 2.24) is 15.0 Å². The van der Waals surface area contributed by atoms with E-state index in [2.05, 4.69) is 15.0 Å². The maximum absolute atomic E-state index is 10.8. The smallest absolute Gasteiger partial charge is 0.157 e. The zero-order valence-corrected chi connectivity index (χ0v) is 9.92. The molecule has 2 aromatic carbocycles. The van der Waals surface area contributed by atoms with Crippen molar-refractivity contribution in [3.05, 3.63) is 48.0 Å². The molecule has 0 bridgehead atoms. The molecule has 0 aliphatic heterocycles. The number of para-hydroxylation sites is 1. The highest BCUT2D eigenvalue weighted by Gasteiger charge is 2.08. The maximum Gasteiger partial charge on any atom is 0.157 e. The van der Waals surface area contributed by atoms with Crippen molar-refractivity contribution in [2.45, 2.75) is 0 Å². The van der Waals surface area contributed by atoms with Crippen molar-refractivity contribution < 1.29 is 4.79 Å². The molecular formula is C15H9N3O. The number of hydrogen-bond donors (Lipinski definition) is 1. The second kappa shape index (κ2) is 3.62. The molecule has 0 unspecified atom stereocenters. The van der Waals surface area contributed by atoms with E-state index < -0.39 is 0 Å². The molecule has 0 aliphatic rings. The summed E-state index contributed by atoms with van der Waals surface area (Å²) in [6.07, 6.45) is 0.820. The molecule has 4 aromatic rings. The first-order valence-corrected chi connectivity index (χ1v) is 5.98. The number of H-pyrrole nitrogens is 1. The van der Waals surface area contributed by atoms with Crippen molar-refractivity contribution in [2.75, 3.05) is 0 Å². The van der Waals surface area contributed by atoms with Gasteiger partial charge < -0.3 is 4.98 Å². The number of carbonyl (C=O) groups excluding carboxylic acids is 1. The summed E-state index contributed by atoms with van der Waals surface area (Å²) in [7, 11) is 0. The summed E-state index contributed by atoms with van der Waals surface area (Å²) in [5.74, 6) is 0. The predicted octanol–water partition coefficient (Wildman–Crippen LogP) is 3.08. The SMILES string of the molecule is O=Cc1ccc2nc3[nH]c4ccccc4c3nc2c1. The summed E-state index contributed by atoms with van der Waals surface area (Å²) in [6, 6.07) is 13.3. The van der Waals surface area contributed by atoms with E-state index in [1.165, 1.54) is 0 Å². The first-order chi connectivity index (χ1) is 9.35. The van der Waals surface area contributed by atoms with E-state index in [4.69, 9.17) is 0 Å². The van der Waals surface area contributed by atoms with Gasteiger partial charge in [0.05, 0.1) is 11.0 Å². The molecule has 1 N–H and O–H groups in total. The standard InChI is InChI=1S/C15H9N3O/c19-8-9-5-6-12-13(7-9)16-14-10-3-1-2-4-11(10)17-15(14)18-12/h1-8H,(H,17,18). The van der Waals surface area contributed by atoms with Gasteiger partial charge in [-0.25, -0.2) is 9.97 Å². The van der Waals surface area contributed by atoms with Crippen LogP contribution in [0.1, 0.15) is 10.4 Å². The molecule has 0 aliphatic carbocycles. The Morgan fingerprint density at radius 1 is 1.00 bits per heavy atom. The summed E-state index contributed by atoms with van der Waals surface area (Å²) >= 11 is 0. The minimum atomic E-state index is 0.612. The fourth-order valence-electron chi connectivity index (χ4n) is 2.35. The fraction of sp³-hybridized carbons (Fsp3) is 0. The molecule has 4 nitrogen and oxygen atoms in total. The van der Waals surface area contributed by atoms with E-state index in [-0.39, 0.29) is 0 Å². The number of nitrogens with zero attached hydrogens (tertiary/aromatic N) is 2. The Balaban J connectivity index is 2.18. The molecule has 4 rings (SSSR count). The quantitative estimate of drug-likeness (QED) is 0.526. The van der Waals surface area contributed by atoms with Crippen molar-refractivity contribution in [3.8, 4) is 0 Å². The third kappa shape index (κ3) is 1.43. The molecule has 0 saturated carbocycles. The van der Waals surface area contributed by atoms with Crippen LogP contribution in [0.3, 0.4) is 0 Å². The van der Waals surface area contributed by atoms with Gasteiger partial charge in [-0.2, -0.15) is 0 Å². The van der Waals surface area contributed by atoms with Gasteiger partial charge in [-0.05, 0) is 24.3 Å². The van der Waals surface area contributed by atoms with Crippen LogP contribution in [0.25, 0.3) is 33.1 Å². The number of rotatable bonds is 1. The maximum atomic E-state index is 10.8. The lowest BCUT2D eigenvalue weighted by molar-refractivity contribution is 0.112. The molecular weight excluding hydrogens is 238 g/mol. The number of benzene rings is 2. The Kier molecular flexibility index (Phi) is 1.94. The third-order valence-electron chi connectivity index (χ3n) is 3.26. The zero-order valence-electron chi connectivity index (χ0n) is 9.92. The second-order valence-corrected chi connectivity index (χ2v) is 4.46. The van der Waals surface area contributed by atoms with Crippen molar-refractivity contribution in [3.63, 3.8) is 0 Å². The molecule has 2 aromatic heterocycles. The molecule has 0 atom stereocenters. The van der Waals surface area contributed by atoms with Gasteiger partial charge in [0.15, 0.2) is 5.65 Å². The van der Waals surface area contributed by atoms with Gasteiger partial charge in [0.25, 0.3) is 0 Å². The van der Waals surface area contributed by atoms with Crippen molar-refractivity contribution >= 4 is 39.4 Å². The van der Waals surface area contributed by atoms with Crippen LogP contribution in [0.2, 0.25) is 0 Å². The van der Waals surface area contributed by atoms with Crippen LogP contribution in [-0.2, 0) is 0 Å². The lowest BCUT2D eigenvalue weighted by atomic mass is 10.2. The zero-order chi connectivity index (χ0) is 12.8. The van der Waals surface area contributed by atoms with E-state index in [1.807, 2.05) is 30.3 Å². The molecule has 0 radical (unpaired) electrons. The highest BCUT2D eigenvalue weighted by Crippen LogP contribution is 2.24. The summed E-state index contributed by atoms with van der Waals surface area (Å²) in [6.45, 7) is 0. The average Bonchev–Trinajstić information content (AvgIpc) is 2.82. The minimum Gasteiger partial charge on any atom is -0.338 e. The van der Waals surface area contributed by atoms with Crippen molar-refractivity contribution in [2.24, 2.45) is 0 Å². The topological polar surface area (TPSA) is 58.6 Å². The Bertz CT molecular complexity index is 940. The Morgan fingerprint density at radius 3 is 2.79 bits per heavy atom. The first-order valence-electron chi connectivity index (χ1n) is 5.98. The van der Waals surface area contributed by atoms with Crippen LogP contribution >= 0.6 is 0 Å². The average molecular weight is 247 g/mol. The molecule has 2 heterocycles. The summed E-state index contributed by atoms with van der Waals surface area (Å²) < 4.78 is 0. The number of aromatic nitrogens is 3. The van der Waals surface area contributed by atoms with Gasteiger partial charge in [0, 0.05) is 16.5 Å². The summed E-state index contributed by atoms with van der Waals surface area (Å²) in [5.41, 5.74) is 4.76.